The molecule has 8 heteroatoms. The smallest absolute Gasteiger partial charge is 0.239 e. The molecule has 0 aliphatic carbocycles. The van der Waals surface area contributed by atoms with Crippen LogP contribution in [0.1, 0.15) is 25.3 Å². The third-order valence-electron chi connectivity index (χ3n) is 3.79. The van der Waals surface area contributed by atoms with Crippen molar-refractivity contribution in [1.82, 2.24) is 9.71 Å². The monoisotopic (exact) mass is 346 g/mol. The molecule has 1 aromatic heterocycles. The van der Waals surface area contributed by atoms with Gasteiger partial charge in [0.05, 0.1) is 5.75 Å². The summed E-state index contributed by atoms with van der Waals surface area (Å²) in [5.74, 6) is -0.972. The van der Waals surface area contributed by atoms with Crippen molar-refractivity contribution in [3.05, 3.63) is 29.0 Å². The molecule has 0 aromatic carbocycles. The highest BCUT2D eigenvalue weighted by Gasteiger charge is 2.28. The number of hydrogen-bond acceptors (Lipinski definition) is 5. The average molecular weight is 347 g/mol. The van der Waals surface area contributed by atoms with Gasteiger partial charge in [-0.3, -0.25) is 9.52 Å². The molecule has 1 aliphatic heterocycles. The fraction of sp³-hybridized carbons (Fsp3) is 0.571. The van der Waals surface area contributed by atoms with E-state index in [9.17, 15) is 13.2 Å². The van der Waals surface area contributed by atoms with Crippen LogP contribution in [0.4, 0.5) is 0 Å². The summed E-state index contributed by atoms with van der Waals surface area (Å²) >= 11 is 5.65. The van der Waals surface area contributed by atoms with E-state index in [0.717, 1.165) is 12.8 Å². The van der Waals surface area contributed by atoms with E-state index < -0.39 is 15.9 Å². The molecule has 1 N–H and O–H groups in total. The second-order valence-corrected chi connectivity index (χ2v) is 7.56. The summed E-state index contributed by atoms with van der Waals surface area (Å²) in [4.78, 5) is 16.0. The van der Waals surface area contributed by atoms with Crippen molar-refractivity contribution in [2.24, 2.45) is 11.8 Å². The van der Waals surface area contributed by atoms with Crippen molar-refractivity contribution in [2.75, 3.05) is 13.2 Å². The van der Waals surface area contributed by atoms with E-state index in [1.165, 1.54) is 12.3 Å². The van der Waals surface area contributed by atoms with Crippen LogP contribution in [0.25, 0.3) is 0 Å². The summed E-state index contributed by atoms with van der Waals surface area (Å²) in [5.41, 5.74) is 0.475. The van der Waals surface area contributed by atoms with Crippen LogP contribution in [-0.2, 0) is 25.3 Å². The van der Waals surface area contributed by atoms with Gasteiger partial charge in [0.2, 0.25) is 15.9 Å². The first-order chi connectivity index (χ1) is 10.4. The van der Waals surface area contributed by atoms with Gasteiger partial charge in [0.25, 0.3) is 0 Å². The van der Waals surface area contributed by atoms with Gasteiger partial charge in [-0.25, -0.2) is 13.4 Å². The lowest BCUT2D eigenvalue weighted by Gasteiger charge is -2.26. The SMILES string of the molecule is C[C@@H](C(=O)NS(=O)(=O)Cc1ccc(Cl)nc1)C1CCOCC1. The summed E-state index contributed by atoms with van der Waals surface area (Å²) in [5, 5.41) is 0.290. The molecule has 0 saturated carbocycles. The molecule has 1 aliphatic rings. The lowest BCUT2D eigenvalue weighted by molar-refractivity contribution is -0.125. The summed E-state index contributed by atoms with van der Waals surface area (Å²) in [7, 11) is -3.74. The molecule has 1 saturated heterocycles. The molecule has 1 atom stereocenters. The van der Waals surface area contributed by atoms with Crippen molar-refractivity contribution >= 4 is 27.5 Å². The quantitative estimate of drug-likeness (QED) is 0.821. The first-order valence-corrected chi connectivity index (χ1v) is 9.13. The Hall–Kier alpha value is -1.18. The number of pyridine rings is 1. The van der Waals surface area contributed by atoms with Gasteiger partial charge in [-0.05, 0) is 30.4 Å². The highest BCUT2D eigenvalue weighted by atomic mass is 35.5. The predicted molar refractivity (Wildman–Crippen MR) is 82.7 cm³/mol. The zero-order valence-electron chi connectivity index (χ0n) is 12.3. The van der Waals surface area contributed by atoms with Gasteiger partial charge in [0, 0.05) is 25.3 Å². The first-order valence-electron chi connectivity index (χ1n) is 7.10. The maximum Gasteiger partial charge on any atom is 0.239 e. The number of amides is 1. The number of sulfonamides is 1. The summed E-state index contributed by atoms with van der Waals surface area (Å²) < 4.78 is 31.5. The molecular weight excluding hydrogens is 328 g/mol. The molecule has 6 nitrogen and oxygen atoms in total. The minimum Gasteiger partial charge on any atom is -0.381 e. The van der Waals surface area contributed by atoms with E-state index in [2.05, 4.69) is 9.71 Å². The number of ether oxygens (including phenoxy) is 1. The Morgan fingerprint density at radius 2 is 2.14 bits per heavy atom. The Bertz CT molecular complexity index is 612. The van der Waals surface area contributed by atoms with Gasteiger partial charge in [0.1, 0.15) is 5.15 Å². The normalized spacial score (nSPS) is 17.9. The lowest BCUT2D eigenvalue weighted by Crippen LogP contribution is -2.39. The van der Waals surface area contributed by atoms with Crippen molar-refractivity contribution < 1.29 is 17.9 Å². The highest BCUT2D eigenvalue weighted by Crippen LogP contribution is 2.23. The van der Waals surface area contributed by atoms with E-state index in [4.69, 9.17) is 16.3 Å². The van der Waals surface area contributed by atoms with Gasteiger partial charge < -0.3 is 4.74 Å². The number of carbonyl (C=O) groups is 1. The molecule has 0 spiro atoms. The minimum absolute atomic E-state index is 0.154. The fourth-order valence-corrected chi connectivity index (χ4v) is 3.71. The molecule has 0 bridgehead atoms. The zero-order valence-corrected chi connectivity index (χ0v) is 13.9. The number of hydrogen-bond donors (Lipinski definition) is 1. The van der Waals surface area contributed by atoms with Crippen LogP contribution in [0.15, 0.2) is 18.3 Å². The maximum atomic E-state index is 12.1. The van der Waals surface area contributed by atoms with Crippen LogP contribution in [0.2, 0.25) is 5.15 Å². The zero-order chi connectivity index (χ0) is 16.2. The highest BCUT2D eigenvalue weighted by molar-refractivity contribution is 7.89. The number of rotatable bonds is 5. The third kappa shape index (κ3) is 4.93. The predicted octanol–water partition coefficient (Wildman–Crippen LogP) is 1.74. The van der Waals surface area contributed by atoms with Gasteiger partial charge in [-0.2, -0.15) is 0 Å². The van der Waals surface area contributed by atoms with Crippen molar-refractivity contribution in [3.8, 4) is 0 Å². The summed E-state index contributed by atoms with van der Waals surface area (Å²) in [6.45, 7) is 2.99. The van der Waals surface area contributed by atoms with E-state index in [-0.39, 0.29) is 17.6 Å². The van der Waals surface area contributed by atoms with E-state index in [0.29, 0.717) is 23.9 Å². The molecule has 1 amide bonds. The molecule has 0 unspecified atom stereocenters. The average Bonchev–Trinajstić information content (AvgIpc) is 2.49. The van der Waals surface area contributed by atoms with Gasteiger partial charge in [-0.15, -0.1) is 0 Å². The van der Waals surface area contributed by atoms with Crippen LogP contribution >= 0.6 is 11.6 Å². The number of carbonyl (C=O) groups excluding carboxylic acids is 1. The second-order valence-electron chi connectivity index (χ2n) is 5.45. The minimum atomic E-state index is -3.74. The fourth-order valence-electron chi connectivity index (χ4n) is 2.42. The number of halogens is 1. The van der Waals surface area contributed by atoms with E-state index in [1.54, 1.807) is 13.0 Å². The Kier molecular flexibility index (Phi) is 5.77. The summed E-state index contributed by atoms with van der Waals surface area (Å²) in [6, 6.07) is 3.08. The lowest BCUT2D eigenvalue weighted by atomic mass is 9.87. The van der Waals surface area contributed by atoms with Crippen molar-refractivity contribution in [3.63, 3.8) is 0 Å². The molecule has 2 rings (SSSR count). The second kappa shape index (κ2) is 7.39. The topological polar surface area (TPSA) is 85.4 Å². The number of nitrogens with zero attached hydrogens (tertiary/aromatic N) is 1. The van der Waals surface area contributed by atoms with Crippen LogP contribution in [0.5, 0.6) is 0 Å². The van der Waals surface area contributed by atoms with Crippen molar-refractivity contribution in [2.45, 2.75) is 25.5 Å². The van der Waals surface area contributed by atoms with Crippen LogP contribution in [0.3, 0.4) is 0 Å². The van der Waals surface area contributed by atoms with Crippen LogP contribution in [-0.4, -0.2) is 32.5 Å². The molecule has 1 aromatic rings. The molecule has 2 heterocycles. The van der Waals surface area contributed by atoms with Crippen LogP contribution in [0, 0.1) is 11.8 Å². The molecule has 122 valence electrons. The van der Waals surface area contributed by atoms with Crippen LogP contribution < -0.4 is 4.72 Å². The molecule has 1 fully saturated rings. The Morgan fingerprint density at radius 1 is 1.45 bits per heavy atom. The van der Waals surface area contributed by atoms with E-state index in [1.807, 2.05) is 0 Å². The number of nitrogens with one attached hydrogen (secondary N) is 1. The Balaban J connectivity index is 1.95. The Morgan fingerprint density at radius 3 is 2.73 bits per heavy atom. The molecule has 0 radical (unpaired) electrons. The molecule has 22 heavy (non-hydrogen) atoms. The summed E-state index contributed by atoms with van der Waals surface area (Å²) in [6.07, 6.45) is 2.93. The van der Waals surface area contributed by atoms with Gasteiger partial charge in [-0.1, -0.05) is 24.6 Å². The maximum absolute atomic E-state index is 12.1. The van der Waals surface area contributed by atoms with E-state index >= 15 is 0 Å². The third-order valence-corrected chi connectivity index (χ3v) is 5.24. The standard InChI is InChI=1S/C14H19ClN2O4S/c1-10(12-4-6-21-7-5-12)14(18)17-22(19,20)9-11-2-3-13(15)16-8-11/h2-3,8,10,12H,4-7,9H2,1H3,(H,17,18)/t10-/m1/s1. The van der Waals surface area contributed by atoms with Gasteiger partial charge in [0.15, 0.2) is 0 Å². The number of aromatic nitrogens is 1. The van der Waals surface area contributed by atoms with Crippen molar-refractivity contribution in [1.29, 1.82) is 0 Å². The van der Waals surface area contributed by atoms with Gasteiger partial charge >= 0.3 is 0 Å². The Labute approximate surface area is 135 Å². The first kappa shape index (κ1) is 17.2. The largest absolute Gasteiger partial charge is 0.381 e. The molecular formula is C14H19ClN2O4S.